The van der Waals surface area contributed by atoms with Gasteiger partial charge in [0.25, 0.3) is 0 Å². The van der Waals surface area contributed by atoms with E-state index in [2.05, 4.69) is 29.7 Å². The first-order valence-corrected chi connectivity index (χ1v) is 5.53. The Balaban J connectivity index is 2.04. The number of aromatic nitrogens is 3. The van der Waals surface area contributed by atoms with Crippen LogP contribution < -0.4 is 11.1 Å². The van der Waals surface area contributed by atoms with E-state index in [-0.39, 0.29) is 5.56 Å². The minimum Gasteiger partial charge on any atom is -0.465 e. The van der Waals surface area contributed by atoms with Crippen molar-refractivity contribution in [2.45, 2.75) is 6.42 Å². The number of nitrogens with two attached hydrogens (primary N) is 1. The summed E-state index contributed by atoms with van der Waals surface area (Å²) in [4.78, 5) is 19.5. The molecule has 0 aliphatic rings. The van der Waals surface area contributed by atoms with Gasteiger partial charge < -0.3 is 20.3 Å². The molecule has 0 fully saturated rings. The molecule has 0 atom stereocenters. The third kappa shape index (κ3) is 3.18. The van der Waals surface area contributed by atoms with E-state index >= 15 is 0 Å². The number of hydrogen-bond acceptors (Lipinski definition) is 8. The molecule has 0 saturated carbocycles. The van der Waals surface area contributed by atoms with Crippen molar-refractivity contribution in [3.63, 3.8) is 0 Å². The van der Waals surface area contributed by atoms with Crippen molar-refractivity contribution < 1.29 is 14.1 Å². The number of pyridine rings is 1. The van der Waals surface area contributed by atoms with Crippen LogP contribution in [-0.2, 0) is 11.2 Å². The zero-order valence-corrected chi connectivity index (χ0v) is 10.3. The summed E-state index contributed by atoms with van der Waals surface area (Å²) in [5.74, 6) is 0.481. The molecule has 0 saturated heterocycles. The lowest BCUT2D eigenvalue weighted by Gasteiger charge is -2.09. The van der Waals surface area contributed by atoms with E-state index in [0.717, 1.165) is 0 Å². The van der Waals surface area contributed by atoms with Crippen molar-refractivity contribution in [1.29, 1.82) is 0 Å². The van der Waals surface area contributed by atoms with Gasteiger partial charge in [-0.2, -0.15) is 4.98 Å². The fraction of sp³-hybridized carbons (Fsp3) is 0.273. The van der Waals surface area contributed by atoms with E-state index in [1.54, 1.807) is 0 Å². The number of nitrogens with zero attached hydrogens (tertiary/aromatic N) is 3. The lowest BCUT2D eigenvalue weighted by Crippen LogP contribution is -2.13. The predicted molar refractivity (Wildman–Crippen MR) is 66.5 cm³/mol. The molecular weight excluding hydrogens is 250 g/mol. The Morgan fingerprint density at radius 2 is 2.37 bits per heavy atom. The first kappa shape index (κ1) is 12.8. The molecule has 2 aromatic heterocycles. The van der Waals surface area contributed by atoms with Crippen LogP contribution in [0.4, 0.5) is 11.5 Å². The van der Waals surface area contributed by atoms with E-state index in [1.165, 1.54) is 25.8 Å². The van der Waals surface area contributed by atoms with Crippen LogP contribution in [0.3, 0.4) is 0 Å². The maximum absolute atomic E-state index is 11.6. The van der Waals surface area contributed by atoms with Gasteiger partial charge in [-0.1, -0.05) is 5.16 Å². The molecule has 2 heterocycles. The van der Waals surface area contributed by atoms with Crippen LogP contribution >= 0.6 is 0 Å². The second kappa shape index (κ2) is 5.80. The molecule has 0 spiro atoms. The number of nitrogens with one attached hydrogen (secondary N) is 1. The Hall–Kier alpha value is -2.64. The zero-order valence-electron chi connectivity index (χ0n) is 10.3. The molecule has 0 radical (unpaired) electrons. The van der Waals surface area contributed by atoms with Crippen molar-refractivity contribution in [1.82, 2.24) is 15.1 Å². The third-order valence-electron chi connectivity index (χ3n) is 2.36. The summed E-state index contributed by atoms with van der Waals surface area (Å²) in [6, 6.07) is 1.51. The molecular formula is C11H13N5O3. The standard InChI is InChI=1S/C11H13N5O3/c1-18-11(17)8-4-7(12)5-14-10(8)13-3-2-9-15-6-19-16-9/h4-6H,2-3,12H2,1H3,(H,13,14). The predicted octanol–water partition coefficient (Wildman–Crippen LogP) is 0.488. The molecule has 100 valence electrons. The quantitative estimate of drug-likeness (QED) is 0.748. The van der Waals surface area contributed by atoms with Crippen LogP contribution in [-0.4, -0.2) is 34.7 Å². The molecule has 2 aromatic rings. The lowest BCUT2D eigenvalue weighted by atomic mass is 10.2. The monoisotopic (exact) mass is 263 g/mol. The number of rotatable bonds is 5. The zero-order chi connectivity index (χ0) is 13.7. The van der Waals surface area contributed by atoms with Crippen molar-refractivity contribution in [3.05, 3.63) is 30.0 Å². The summed E-state index contributed by atoms with van der Waals surface area (Å²) in [6.07, 6.45) is 3.27. The summed E-state index contributed by atoms with van der Waals surface area (Å²) in [7, 11) is 1.30. The molecule has 0 aromatic carbocycles. The minimum absolute atomic E-state index is 0.288. The Morgan fingerprint density at radius 1 is 1.53 bits per heavy atom. The maximum atomic E-state index is 11.6. The Morgan fingerprint density at radius 3 is 3.05 bits per heavy atom. The second-order valence-corrected chi connectivity index (χ2v) is 3.68. The van der Waals surface area contributed by atoms with E-state index < -0.39 is 5.97 Å². The highest BCUT2D eigenvalue weighted by molar-refractivity contribution is 5.95. The lowest BCUT2D eigenvalue weighted by molar-refractivity contribution is 0.0601. The van der Waals surface area contributed by atoms with Crippen LogP contribution in [0.2, 0.25) is 0 Å². The second-order valence-electron chi connectivity index (χ2n) is 3.68. The summed E-state index contributed by atoms with van der Waals surface area (Å²) < 4.78 is 9.29. The molecule has 3 N–H and O–H groups in total. The first-order valence-electron chi connectivity index (χ1n) is 5.53. The van der Waals surface area contributed by atoms with Gasteiger partial charge in [0, 0.05) is 13.0 Å². The van der Waals surface area contributed by atoms with Gasteiger partial charge in [-0.05, 0) is 6.07 Å². The van der Waals surface area contributed by atoms with Gasteiger partial charge in [0.2, 0.25) is 6.39 Å². The molecule has 0 amide bonds. The molecule has 0 aliphatic heterocycles. The minimum atomic E-state index is -0.498. The number of nitrogen functional groups attached to an aromatic ring is 1. The average molecular weight is 263 g/mol. The number of carbonyl (C=O) groups excluding carboxylic acids is 1. The summed E-state index contributed by atoms with van der Waals surface area (Å²) in [5, 5.41) is 6.68. The Labute approximate surface area is 109 Å². The van der Waals surface area contributed by atoms with Crippen molar-refractivity contribution in [2.75, 3.05) is 24.7 Å². The van der Waals surface area contributed by atoms with E-state index in [9.17, 15) is 4.79 Å². The maximum Gasteiger partial charge on any atom is 0.341 e. The highest BCUT2D eigenvalue weighted by atomic mass is 16.5. The summed E-state index contributed by atoms with van der Waals surface area (Å²) in [6.45, 7) is 0.500. The highest BCUT2D eigenvalue weighted by Gasteiger charge is 2.13. The fourth-order valence-corrected chi connectivity index (χ4v) is 1.48. The fourth-order valence-electron chi connectivity index (χ4n) is 1.48. The third-order valence-corrected chi connectivity index (χ3v) is 2.36. The van der Waals surface area contributed by atoms with Crippen molar-refractivity contribution in [2.24, 2.45) is 0 Å². The van der Waals surface area contributed by atoms with Crippen LogP contribution in [0.15, 0.2) is 23.2 Å². The molecule has 0 bridgehead atoms. The molecule has 19 heavy (non-hydrogen) atoms. The SMILES string of the molecule is COC(=O)c1cc(N)cnc1NCCc1ncon1. The molecule has 8 nitrogen and oxygen atoms in total. The van der Waals surface area contributed by atoms with Gasteiger partial charge in [-0.15, -0.1) is 0 Å². The summed E-state index contributed by atoms with van der Waals surface area (Å²) >= 11 is 0. The molecule has 0 unspecified atom stereocenters. The van der Waals surface area contributed by atoms with Crippen LogP contribution in [0, 0.1) is 0 Å². The van der Waals surface area contributed by atoms with Crippen LogP contribution in [0.25, 0.3) is 0 Å². The number of anilines is 2. The largest absolute Gasteiger partial charge is 0.465 e. The van der Waals surface area contributed by atoms with E-state index in [4.69, 9.17) is 5.73 Å². The normalized spacial score (nSPS) is 10.2. The van der Waals surface area contributed by atoms with E-state index in [0.29, 0.717) is 30.3 Å². The first-order chi connectivity index (χ1) is 9.20. The van der Waals surface area contributed by atoms with Crippen LogP contribution in [0.5, 0.6) is 0 Å². The van der Waals surface area contributed by atoms with Crippen molar-refractivity contribution >= 4 is 17.5 Å². The Kier molecular flexibility index (Phi) is 3.91. The van der Waals surface area contributed by atoms with Gasteiger partial charge >= 0.3 is 5.97 Å². The van der Waals surface area contributed by atoms with E-state index in [1.807, 2.05) is 0 Å². The van der Waals surface area contributed by atoms with Gasteiger partial charge in [-0.3, -0.25) is 0 Å². The van der Waals surface area contributed by atoms with Crippen molar-refractivity contribution in [3.8, 4) is 0 Å². The van der Waals surface area contributed by atoms with Gasteiger partial charge in [0.15, 0.2) is 5.82 Å². The smallest absolute Gasteiger partial charge is 0.341 e. The molecule has 8 heteroatoms. The number of esters is 1. The van der Waals surface area contributed by atoms with Gasteiger partial charge in [0.1, 0.15) is 11.4 Å². The number of carbonyl (C=O) groups is 1. The number of hydrogen-bond donors (Lipinski definition) is 2. The van der Waals surface area contributed by atoms with Gasteiger partial charge in [-0.25, -0.2) is 9.78 Å². The number of methoxy groups -OCH3 is 1. The van der Waals surface area contributed by atoms with Crippen LogP contribution in [0.1, 0.15) is 16.2 Å². The summed E-state index contributed by atoms with van der Waals surface area (Å²) in [5.41, 5.74) is 6.28. The topological polar surface area (TPSA) is 116 Å². The highest BCUT2D eigenvalue weighted by Crippen LogP contribution is 2.16. The Bertz CT molecular complexity index is 555. The number of ether oxygens (including phenoxy) is 1. The molecule has 2 rings (SSSR count). The average Bonchev–Trinajstić information content (AvgIpc) is 2.92. The molecule has 0 aliphatic carbocycles. The van der Waals surface area contributed by atoms with Gasteiger partial charge in [0.05, 0.1) is 19.0 Å².